The summed E-state index contributed by atoms with van der Waals surface area (Å²) in [5, 5.41) is 10.1. The van der Waals surface area contributed by atoms with Crippen molar-refractivity contribution in [2.45, 2.75) is 18.1 Å². The zero-order valence-electron chi connectivity index (χ0n) is 17.4. The van der Waals surface area contributed by atoms with E-state index in [2.05, 4.69) is 15.2 Å². The number of para-hydroxylation sites is 1. The molecule has 0 atom stereocenters. The number of thioether (sulfide) groups is 1. The number of nitrogens with zero attached hydrogens (tertiary/aromatic N) is 4. The van der Waals surface area contributed by atoms with E-state index in [4.69, 9.17) is 16.3 Å². The molecule has 8 heteroatoms. The molecule has 0 amide bonds. The number of rotatable bonds is 9. The van der Waals surface area contributed by atoms with Gasteiger partial charge in [-0.05, 0) is 35.4 Å². The molecular weight excluding hydrogens is 444 g/mol. The predicted octanol–water partition coefficient (Wildman–Crippen LogP) is 4.95. The second-order valence-electron chi connectivity index (χ2n) is 7.05. The van der Waals surface area contributed by atoms with Crippen molar-refractivity contribution in [1.29, 1.82) is 0 Å². The molecule has 0 saturated heterocycles. The summed E-state index contributed by atoms with van der Waals surface area (Å²) in [5.74, 6) is 1.71. The number of ketones is 1. The van der Waals surface area contributed by atoms with Crippen LogP contribution in [-0.2, 0) is 17.8 Å². The van der Waals surface area contributed by atoms with Gasteiger partial charge in [-0.15, -0.1) is 10.2 Å². The van der Waals surface area contributed by atoms with Crippen LogP contribution < -0.4 is 4.74 Å². The first-order chi connectivity index (χ1) is 15.7. The molecule has 0 fully saturated rings. The average molecular weight is 465 g/mol. The number of methoxy groups -OCH3 is 1. The van der Waals surface area contributed by atoms with Crippen molar-refractivity contribution in [3.63, 3.8) is 0 Å². The van der Waals surface area contributed by atoms with Gasteiger partial charge in [-0.25, -0.2) is 0 Å². The lowest BCUT2D eigenvalue weighted by Crippen LogP contribution is -2.09. The van der Waals surface area contributed by atoms with Crippen LogP contribution in [0.1, 0.15) is 11.1 Å². The smallest absolute Gasteiger partial charge is 0.192 e. The fraction of sp³-hybridized carbons (Fsp3) is 0.167. The number of halogens is 1. The first-order valence-electron chi connectivity index (χ1n) is 9.99. The van der Waals surface area contributed by atoms with Crippen LogP contribution >= 0.6 is 23.4 Å². The fourth-order valence-corrected chi connectivity index (χ4v) is 4.29. The largest absolute Gasteiger partial charge is 0.496 e. The van der Waals surface area contributed by atoms with Crippen molar-refractivity contribution in [2.24, 2.45) is 0 Å². The van der Waals surface area contributed by atoms with E-state index in [0.717, 1.165) is 16.7 Å². The topological polar surface area (TPSA) is 69.9 Å². The third-order valence-electron chi connectivity index (χ3n) is 4.84. The number of hydrogen-bond donors (Lipinski definition) is 0. The SMILES string of the molecule is COc1ccccc1-c1nnc(SCC(=O)Cc2ccccc2Cl)n1Cc1cccnc1. The Morgan fingerprint density at radius 1 is 1.06 bits per heavy atom. The van der Waals surface area contributed by atoms with Crippen molar-refractivity contribution >= 4 is 29.1 Å². The number of Topliss-reactive ketones (excluding diaryl/α,β-unsaturated/α-hetero) is 1. The summed E-state index contributed by atoms with van der Waals surface area (Å²) in [5.41, 5.74) is 2.67. The van der Waals surface area contributed by atoms with Crippen LogP contribution in [0.15, 0.2) is 78.2 Å². The first kappa shape index (κ1) is 22.0. The molecule has 0 unspecified atom stereocenters. The minimum absolute atomic E-state index is 0.0675. The Kier molecular flexibility index (Phi) is 7.19. The minimum atomic E-state index is 0.0675. The van der Waals surface area contributed by atoms with Crippen molar-refractivity contribution in [3.8, 4) is 17.1 Å². The fourth-order valence-electron chi connectivity index (χ4n) is 3.29. The molecule has 32 heavy (non-hydrogen) atoms. The quantitative estimate of drug-likeness (QED) is 0.326. The lowest BCUT2D eigenvalue weighted by molar-refractivity contribution is -0.116. The number of pyridine rings is 1. The van der Waals surface area contributed by atoms with Gasteiger partial charge in [0.2, 0.25) is 0 Å². The van der Waals surface area contributed by atoms with Crippen LogP contribution in [0.2, 0.25) is 5.02 Å². The van der Waals surface area contributed by atoms with Crippen molar-refractivity contribution < 1.29 is 9.53 Å². The highest BCUT2D eigenvalue weighted by Gasteiger charge is 2.19. The van der Waals surface area contributed by atoms with E-state index >= 15 is 0 Å². The number of hydrogen-bond acceptors (Lipinski definition) is 6. The number of ether oxygens (including phenoxy) is 1. The molecule has 2 heterocycles. The maximum absolute atomic E-state index is 12.6. The number of benzene rings is 2. The molecule has 162 valence electrons. The Hall–Kier alpha value is -3.16. The van der Waals surface area contributed by atoms with Gasteiger partial charge in [0, 0.05) is 23.8 Å². The van der Waals surface area contributed by atoms with Gasteiger partial charge in [-0.1, -0.05) is 59.8 Å². The van der Waals surface area contributed by atoms with Crippen LogP contribution in [0.5, 0.6) is 5.75 Å². The Bertz CT molecular complexity index is 1210. The summed E-state index contributed by atoms with van der Waals surface area (Å²) in [6.07, 6.45) is 3.83. The van der Waals surface area contributed by atoms with Gasteiger partial charge in [-0.2, -0.15) is 0 Å². The maximum Gasteiger partial charge on any atom is 0.192 e. The van der Waals surface area contributed by atoms with Crippen LogP contribution in [0.4, 0.5) is 0 Å². The molecule has 4 aromatic rings. The Morgan fingerprint density at radius 2 is 1.88 bits per heavy atom. The van der Waals surface area contributed by atoms with Crippen molar-refractivity contribution in [1.82, 2.24) is 19.7 Å². The highest BCUT2D eigenvalue weighted by molar-refractivity contribution is 7.99. The van der Waals surface area contributed by atoms with E-state index in [-0.39, 0.29) is 18.0 Å². The summed E-state index contributed by atoms with van der Waals surface area (Å²) in [6.45, 7) is 0.523. The predicted molar refractivity (Wildman–Crippen MR) is 126 cm³/mol. The number of carbonyl (C=O) groups is 1. The second-order valence-corrected chi connectivity index (χ2v) is 8.40. The Balaban J connectivity index is 1.59. The van der Waals surface area contributed by atoms with Gasteiger partial charge in [-0.3, -0.25) is 14.3 Å². The van der Waals surface area contributed by atoms with Gasteiger partial charge in [0.05, 0.1) is 25.0 Å². The van der Waals surface area contributed by atoms with Gasteiger partial charge >= 0.3 is 0 Å². The van der Waals surface area contributed by atoms with Crippen LogP contribution in [0.3, 0.4) is 0 Å². The van der Waals surface area contributed by atoms with Crippen LogP contribution in [-0.4, -0.2) is 38.4 Å². The van der Waals surface area contributed by atoms with Gasteiger partial charge in [0.15, 0.2) is 11.0 Å². The molecule has 2 aromatic carbocycles. The minimum Gasteiger partial charge on any atom is -0.496 e. The summed E-state index contributed by atoms with van der Waals surface area (Å²) < 4.78 is 7.51. The van der Waals surface area contributed by atoms with Crippen molar-refractivity contribution in [3.05, 3.63) is 89.2 Å². The molecule has 0 aliphatic carbocycles. The summed E-state index contributed by atoms with van der Waals surface area (Å²) in [4.78, 5) is 16.8. The standard InChI is InChI=1S/C24H21ClN4O2S/c1-31-22-11-5-3-9-20(22)23-27-28-24(29(23)15-17-7-6-12-26-14-17)32-16-19(30)13-18-8-2-4-10-21(18)25/h2-12,14H,13,15-16H2,1H3. The Labute approximate surface area is 195 Å². The zero-order valence-corrected chi connectivity index (χ0v) is 19.0. The second kappa shape index (κ2) is 10.4. The monoisotopic (exact) mass is 464 g/mol. The van der Waals surface area contributed by atoms with E-state index in [1.54, 1.807) is 19.4 Å². The molecule has 0 aliphatic heterocycles. The average Bonchev–Trinajstić information content (AvgIpc) is 3.22. The van der Waals surface area contributed by atoms with Gasteiger partial charge in [0.25, 0.3) is 0 Å². The maximum atomic E-state index is 12.6. The molecule has 2 aromatic heterocycles. The van der Waals surface area contributed by atoms with Crippen LogP contribution in [0, 0.1) is 0 Å². The van der Waals surface area contributed by atoms with E-state index in [1.165, 1.54) is 11.8 Å². The molecule has 0 radical (unpaired) electrons. The lowest BCUT2D eigenvalue weighted by Gasteiger charge is -2.12. The molecule has 0 spiro atoms. The van der Waals surface area contributed by atoms with Crippen molar-refractivity contribution in [2.75, 3.05) is 12.9 Å². The number of aromatic nitrogens is 4. The normalized spacial score (nSPS) is 10.8. The highest BCUT2D eigenvalue weighted by atomic mass is 35.5. The highest BCUT2D eigenvalue weighted by Crippen LogP contribution is 2.31. The molecule has 0 saturated carbocycles. The Morgan fingerprint density at radius 3 is 2.66 bits per heavy atom. The van der Waals surface area contributed by atoms with Crippen LogP contribution in [0.25, 0.3) is 11.4 Å². The third kappa shape index (κ3) is 5.18. The molecule has 0 aliphatic rings. The molecule has 0 bridgehead atoms. The molecule has 6 nitrogen and oxygen atoms in total. The van der Waals surface area contributed by atoms with E-state index in [0.29, 0.717) is 28.3 Å². The van der Waals surface area contributed by atoms with E-state index in [9.17, 15) is 4.79 Å². The third-order valence-corrected chi connectivity index (χ3v) is 6.23. The zero-order chi connectivity index (χ0) is 22.3. The molecular formula is C24H21ClN4O2S. The summed E-state index contributed by atoms with van der Waals surface area (Å²) in [7, 11) is 1.63. The molecule has 0 N–H and O–H groups in total. The van der Waals surface area contributed by atoms with E-state index < -0.39 is 0 Å². The summed E-state index contributed by atoms with van der Waals surface area (Å²) >= 11 is 7.56. The number of carbonyl (C=O) groups excluding carboxylic acids is 1. The van der Waals surface area contributed by atoms with Gasteiger partial charge in [0.1, 0.15) is 11.5 Å². The first-order valence-corrected chi connectivity index (χ1v) is 11.4. The van der Waals surface area contributed by atoms with E-state index in [1.807, 2.05) is 65.4 Å². The summed E-state index contributed by atoms with van der Waals surface area (Å²) in [6, 6.07) is 19.0. The van der Waals surface area contributed by atoms with Gasteiger partial charge < -0.3 is 4.74 Å². The lowest BCUT2D eigenvalue weighted by atomic mass is 10.1. The molecule has 4 rings (SSSR count).